The van der Waals surface area contributed by atoms with Gasteiger partial charge in [-0.1, -0.05) is 49.6 Å². The van der Waals surface area contributed by atoms with Crippen molar-refractivity contribution in [3.8, 4) is 0 Å². The Kier molecular flexibility index (Phi) is 7.95. The maximum atomic E-state index is 12.2. The van der Waals surface area contributed by atoms with E-state index in [4.69, 9.17) is 10.5 Å². The summed E-state index contributed by atoms with van der Waals surface area (Å²) >= 11 is 0. The fourth-order valence-corrected chi connectivity index (χ4v) is 3.21. The van der Waals surface area contributed by atoms with Crippen LogP contribution in [0.2, 0.25) is 0 Å². The van der Waals surface area contributed by atoms with E-state index in [0.717, 1.165) is 38.0 Å². The van der Waals surface area contributed by atoms with E-state index in [2.05, 4.69) is 0 Å². The van der Waals surface area contributed by atoms with E-state index in [9.17, 15) is 4.79 Å². The Morgan fingerprint density at radius 3 is 2.74 bits per heavy atom. The molecule has 128 valence electrons. The van der Waals surface area contributed by atoms with Gasteiger partial charge in [-0.2, -0.15) is 0 Å². The Bertz CT molecular complexity index is 450. The third-order valence-corrected chi connectivity index (χ3v) is 4.55. The lowest BCUT2D eigenvalue weighted by atomic mass is 9.92. The second kappa shape index (κ2) is 10.3. The lowest BCUT2D eigenvalue weighted by Crippen LogP contribution is -2.40. The number of carbonyl (C=O) groups excluding carboxylic acids is 1. The van der Waals surface area contributed by atoms with Crippen molar-refractivity contribution in [1.82, 2.24) is 4.90 Å². The molecule has 0 aromatic heterocycles. The number of likely N-dealkylation sites (tertiary alicyclic amines) is 1. The molecule has 1 heterocycles. The first-order chi connectivity index (χ1) is 11.3. The highest BCUT2D eigenvalue weighted by atomic mass is 16.6. The standard InChI is InChI=1S/C19H30N2O2/c20-13-7-2-1-4-9-17-12-8-14-21(15-17)19(22)23-16-18-10-5-3-6-11-18/h3,5-6,10-11,17H,1-2,4,7-9,12-16,20H2. The summed E-state index contributed by atoms with van der Waals surface area (Å²) in [5, 5.41) is 0. The molecule has 1 unspecified atom stereocenters. The number of hydrogen-bond donors (Lipinski definition) is 1. The summed E-state index contributed by atoms with van der Waals surface area (Å²) in [6.45, 7) is 2.84. The van der Waals surface area contributed by atoms with Gasteiger partial charge in [0.25, 0.3) is 0 Å². The van der Waals surface area contributed by atoms with Gasteiger partial charge in [-0.3, -0.25) is 0 Å². The molecule has 1 aromatic rings. The predicted molar refractivity (Wildman–Crippen MR) is 93.1 cm³/mol. The van der Waals surface area contributed by atoms with Gasteiger partial charge >= 0.3 is 6.09 Å². The Hall–Kier alpha value is -1.55. The van der Waals surface area contributed by atoms with Gasteiger partial charge in [-0.25, -0.2) is 4.79 Å². The van der Waals surface area contributed by atoms with Crippen molar-refractivity contribution in [2.24, 2.45) is 11.7 Å². The van der Waals surface area contributed by atoms with Crippen molar-refractivity contribution in [3.05, 3.63) is 35.9 Å². The van der Waals surface area contributed by atoms with Crippen LogP contribution in [0.4, 0.5) is 4.79 Å². The highest BCUT2D eigenvalue weighted by molar-refractivity contribution is 5.67. The van der Waals surface area contributed by atoms with Crippen molar-refractivity contribution < 1.29 is 9.53 Å². The van der Waals surface area contributed by atoms with Crippen LogP contribution in [-0.2, 0) is 11.3 Å². The molecule has 1 fully saturated rings. The molecule has 1 atom stereocenters. The predicted octanol–water partition coefficient (Wildman–Crippen LogP) is 3.94. The van der Waals surface area contributed by atoms with Crippen LogP contribution in [0.5, 0.6) is 0 Å². The minimum absolute atomic E-state index is 0.165. The number of nitrogens with zero attached hydrogens (tertiary/aromatic N) is 1. The van der Waals surface area contributed by atoms with Crippen molar-refractivity contribution >= 4 is 6.09 Å². The molecule has 0 saturated carbocycles. The fourth-order valence-electron chi connectivity index (χ4n) is 3.21. The lowest BCUT2D eigenvalue weighted by molar-refractivity contribution is 0.0776. The number of unbranched alkanes of at least 4 members (excludes halogenated alkanes) is 3. The molecule has 23 heavy (non-hydrogen) atoms. The van der Waals surface area contributed by atoms with E-state index in [0.29, 0.717) is 12.5 Å². The number of ether oxygens (including phenoxy) is 1. The van der Waals surface area contributed by atoms with Gasteiger partial charge < -0.3 is 15.4 Å². The zero-order valence-corrected chi connectivity index (χ0v) is 14.1. The van der Waals surface area contributed by atoms with Gasteiger partial charge in [0.15, 0.2) is 0 Å². The van der Waals surface area contributed by atoms with E-state index >= 15 is 0 Å². The molecule has 1 aliphatic heterocycles. The Morgan fingerprint density at radius 1 is 1.17 bits per heavy atom. The number of hydrogen-bond acceptors (Lipinski definition) is 3. The normalized spacial score (nSPS) is 18.0. The number of rotatable bonds is 8. The zero-order chi connectivity index (χ0) is 16.3. The molecular weight excluding hydrogens is 288 g/mol. The molecule has 4 heteroatoms. The van der Waals surface area contributed by atoms with Gasteiger partial charge in [0, 0.05) is 13.1 Å². The molecule has 0 aliphatic carbocycles. The second-order valence-electron chi connectivity index (χ2n) is 6.49. The van der Waals surface area contributed by atoms with Gasteiger partial charge in [-0.15, -0.1) is 0 Å². The molecule has 1 amide bonds. The first-order valence-corrected chi connectivity index (χ1v) is 8.95. The number of amides is 1. The summed E-state index contributed by atoms with van der Waals surface area (Å²) in [5.74, 6) is 0.630. The van der Waals surface area contributed by atoms with E-state index in [-0.39, 0.29) is 6.09 Å². The third-order valence-electron chi connectivity index (χ3n) is 4.55. The van der Waals surface area contributed by atoms with Crippen LogP contribution in [0.25, 0.3) is 0 Å². The summed E-state index contributed by atoms with van der Waals surface area (Å²) in [6, 6.07) is 9.85. The number of carbonyl (C=O) groups is 1. The maximum absolute atomic E-state index is 12.2. The highest BCUT2D eigenvalue weighted by Gasteiger charge is 2.24. The summed E-state index contributed by atoms with van der Waals surface area (Å²) in [5.41, 5.74) is 6.55. The molecule has 2 rings (SSSR count). The number of nitrogens with two attached hydrogens (primary N) is 1. The van der Waals surface area contributed by atoms with Gasteiger partial charge in [-0.05, 0) is 43.7 Å². The lowest BCUT2D eigenvalue weighted by Gasteiger charge is -2.32. The van der Waals surface area contributed by atoms with Crippen molar-refractivity contribution in [1.29, 1.82) is 0 Å². The van der Waals surface area contributed by atoms with E-state index < -0.39 is 0 Å². The molecule has 0 radical (unpaired) electrons. The van der Waals surface area contributed by atoms with Gasteiger partial charge in [0.2, 0.25) is 0 Å². The fraction of sp³-hybridized carbons (Fsp3) is 0.632. The minimum Gasteiger partial charge on any atom is -0.445 e. The van der Waals surface area contributed by atoms with Gasteiger partial charge in [0.1, 0.15) is 6.61 Å². The Labute approximate surface area is 140 Å². The molecule has 4 nitrogen and oxygen atoms in total. The summed E-state index contributed by atoms with van der Waals surface area (Å²) in [6.07, 6.45) is 8.24. The SMILES string of the molecule is NCCCCCCC1CCCN(C(=O)OCc2ccccc2)C1. The van der Waals surface area contributed by atoms with Crippen molar-refractivity contribution in [2.45, 2.75) is 51.6 Å². The molecule has 1 aliphatic rings. The number of benzene rings is 1. The Morgan fingerprint density at radius 2 is 1.96 bits per heavy atom. The maximum Gasteiger partial charge on any atom is 0.410 e. The van der Waals surface area contributed by atoms with E-state index in [1.54, 1.807) is 0 Å². The minimum atomic E-state index is -0.165. The van der Waals surface area contributed by atoms with Crippen molar-refractivity contribution in [3.63, 3.8) is 0 Å². The zero-order valence-electron chi connectivity index (χ0n) is 14.1. The molecule has 1 saturated heterocycles. The molecular formula is C19H30N2O2. The monoisotopic (exact) mass is 318 g/mol. The van der Waals surface area contributed by atoms with E-state index in [1.807, 2.05) is 35.2 Å². The smallest absolute Gasteiger partial charge is 0.410 e. The van der Waals surface area contributed by atoms with Crippen LogP contribution in [0.15, 0.2) is 30.3 Å². The summed E-state index contributed by atoms with van der Waals surface area (Å²) in [4.78, 5) is 14.1. The summed E-state index contributed by atoms with van der Waals surface area (Å²) in [7, 11) is 0. The number of piperidine rings is 1. The van der Waals surface area contributed by atoms with Crippen LogP contribution in [0, 0.1) is 5.92 Å². The third kappa shape index (κ3) is 6.61. The van der Waals surface area contributed by atoms with E-state index in [1.165, 1.54) is 32.1 Å². The quantitative estimate of drug-likeness (QED) is 0.739. The van der Waals surface area contributed by atoms with Crippen LogP contribution < -0.4 is 5.73 Å². The van der Waals surface area contributed by atoms with Crippen LogP contribution in [0.1, 0.15) is 50.5 Å². The first kappa shape index (κ1) is 17.8. The van der Waals surface area contributed by atoms with Gasteiger partial charge in [0.05, 0.1) is 0 Å². The molecule has 1 aromatic carbocycles. The second-order valence-corrected chi connectivity index (χ2v) is 6.49. The highest BCUT2D eigenvalue weighted by Crippen LogP contribution is 2.23. The average molecular weight is 318 g/mol. The van der Waals surface area contributed by atoms with Crippen LogP contribution in [-0.4, -0.2) is 30.6 Å². The molecule has 0 spiro atoms. The van der Waals surface area contributed by atoms with Crippen LogP contribution in [0.3, 0.4) is 0 Å². The largest absolute Gasteiger partial charge is 0.445 e. The van der Waals surface area contributed by atoms with Crippen LogP contribution >= 0.6 is 0 Å². The topological polar surface area (TPSA) is 55.6 Å². The molecule has 0 bridgehead atoms. The van der Waals surface area contributed by atoms with Crippen molar-refractivity contribution in [2.75, 3.05) is 19.6 Å². The average Bonchev–Trinajstić information content (AvgIpc) is 2.60. The Balaban J connectivity index is 1.67. The summed E-state index contributed by atoms with van der Waals surface area (Å²) < 4.78 is 5.45. The first-order valence-electron chi connectivity index (χ1n) is 8.95. The molecule has 2 N–H and O–H groups in total.